The average Bonchev–Trinajstić information content (AvgIpc) is 3.76. The van der Waals surface area contributed by atoms with Gasteiger partial charge in [-0.05, 0) is 73.6 Å². The molecule has 1 amide bonds. The van der Waals surface area contributed by atoms with Crippen molar-refractivity contribution in [1.29, 1.82) is 0 Å². The quantitative estimate of drug-likeness (QED) is 0.289. The number of pyridine rings is 1. The Morgan fingerprint density at radius 3 is 2.67 bits per heavy atom. The fraction of sp³-hybridized carbons (Fsp3) is 0.333. The van der Waals surface area contributed by atoms with Gasteiger partial charge in [0.05, 0.1) is 17.9 Å². The molecule has 0 saturated heterocycles. The summed E-state index contributed by atoms with van der Waals surface area (Å²) in [6.45, 7) is 2.30. The zero-order chi connectivity index (χ0) is 27.8. The lowest BCUT2D eigenvalue weighted by Crippen LogP contribution is -2.24. The third-order valence-corrected chi connectivity index (χ3v) is 6.41. The van der Waals surface area contributed by atoms with E-state index in [1.807, 2.05) is 0 Å². The Balaban J connectivity index is 1.51. The van der Waals surface area contributed by atoms with Crippen LogP contribution in [0.15, 0.2) is 54.7 Å². The summed E-state index contributed by atoms with van der Waals surface area (Å²) in [6.07, 6.45) is 3.91. The fourth-order valence-corrected chi connectivity index (χ4v) is 3.93. The van der Waals surface area contributed by atoms with Gasteiger partial charge in [-0.3, -0.25) is 19.4 Å². The summed E-state index contributed by atoms with van der Waals surface area (Å²) in [6, 6.07) is 13.6. The van der Waals surface area contributed by atoms with Gasteiger partial charge < -0.3 is 19.9 Å². The van der Waals surface area contributed by atoms with Crippen LogP contribution >= 0.6 is 0 Å². The molecule has 39 heavy (non-hydrogen) atoms. The molecule has 3 aromatic rings. The fourth-order valence-electron chi connectivity index (χ4n) is 3.93. The lowest BCUT2D eigenvalue weighted by Gasteiger charge is -2.15. The molecule has 0 radical (unpaired) electrons. The largest absolute Gasteiger partial charge is 0.492 e. The van der Waals surface area contributed by atoms with Crippen LogP contribution in [0.3, 0.4) is 0 Å². The van der Waals surface area contributed by atoms with E-state index in [1.165, 1.54) is 6.07 Å². The Morgan fingerprint density at radius 1 is 1.10 bits per heavy atom. The van der Waals surface area contributed by atoms with Crippen LogP contribution in [-0.2, 0) is 27.5 Å². The van der Waals surface area contributed by atoms with Crippen molar-refractivity contribution in [3.63, 3.8) is 0 Å². The van der Waals surface area contributed by atoms with E-state index in [-0.39, 0.29) is 44.1 Å². The van der Waals surface area contributed by atoms with Crippen molar-refractivity contribution in [1.82, 2.24) is 10.3 Å². The minimum absolute atomic E-state index is 0.00409. The number of ether oxygens (including phenoxy) is 2. The van der Waals surface area contributed by atoms with Crippen molar-refractivity contribution < 1.29 is 33.4 Å². The van der Waals surface area contributed by atoms with Gasteiger partial charge in [0, 0.05) is 36.7 Å². The van der Waals surface area contributed by atoms with E-state index in [0.29, 0.717) is 51.8 Å². The number of nitrogens with one attached hydrogen (secondary N) is 1. The first-order valence-corrected chi connectivity index (χ1v) is 12.9. The molecule has 1 aliphatic carbocycles. The number of carbonyl (C=O) groups excluding carboxylic acids is 2. The molecule has 1 aliphatic rings. The van der Waals surface area contributed by atoms with Gasteiger partial charge in [-0.25, -0.2) is 4.39 Å². The highest BCUT2D eigenvalue weighted by molar-refractivity contribution is 5.98. The van der Waals surface area contributed by atoms with Gasteiger partial charge in [0.1, 0.15) is 18.2 Å². The maximum atomic E-state index is 14.0. The minimum Gasteiger partial charge on any atom is -0.492 e. The van der Waals surface area contributed by atoms with Crippen molar-refractivity contribution in [3.8, 4) is 17.0 Å². The number of hydrogen-bond donors (Lipinski definition) is 2. The molecule has 4 rings (SSSR count). The Bertz CT molecular complexity index is 1360. The summed E-state index contributed by atoms with van der Waals surface area (Å²) in [5, 5.41) is 11.6. The monoisotopic (exact) mass is 534 g/mol. The zero-order valence-corrected chi connectivity index (χ0v) is 21.7. The Hall–Kier alpha value is -4.27. The highest BCUT2D eigenvalue weighted by Gasteiger charge is 2.24. The molecule has 0 unspecified atom stereocenters. The average molecular weight is 535 g/mol. The number of halogens is 1. The molecule has 8 nitrogen and oxygen atoms in total. The molecule has 2 aromatic carbocycles. The van der Waals surface area contributed by atoms with Crippen molar-refractivity contribution in [2.45, 2.75) is 52.2 Å². The highest BCUT2D eigenvalue weighted by Crippen LogP contribution is 2.32. The predicted octanol–water partition coefficient (Wildman–Crippen LogP) is 5.21. The molecule has 0 bridgehead atoms. The van der Waals surface area contributed by atoms with E-state index in [2.05, 4.69) is 10.3 Å². The first-order valence-electron chi connectivity index (χ1n) is 12.9. The molecular formula is C30H31FN2O6. The molecule has 9 heteroatoms. The van der Waals surface area contributed by atoms with Crippen LogP contribution in [0.4, 0.5) is 4.39 Å². The number of aryl methyl sites for hydroxylation is 1. The summed E-state index contributed by atoms with van der Waals surface area (Å²) >= 11 is 0. The molecule has 0 spiro atoms. The second-order valence-electron chi connectivity index (χ2n) is 9.65. The predicted molar refractivity (Wildman–Crippen MR) is 141 cm³/mol. The lowest BCUT2D eigenvalue weighted by atomic mass is 10.0. The Morgan fingerprint density at radius 2 is 1.92 bits per heavy atom. The molecule has 0 aliphatic heterocycles. The minimum atomic E-state index is -0.965. The first kappa shape index (κ1) is 27.8. The molecule has 0 atom stereocenters. The first-order chi connectivity index (χ1) is 18.8. The van der Waals surface area contributed by atoms with Crippen molar-refractivity contribution in [3.05, 3.63) is 82.8 Å². The van der Waals surface area contributed by atoms with Gasteiger partial charge in [0.2, 0.25) is 0 Å². The van der Waals surface area contributed by atoms with Gasteiger partial charge in [-0.2, -0.15) is 0 Å². The summed E-state index contributed by atoms with van der Waals surface area (Å²) in [5.74, 6) is -1.23. The third kappa shape index (κ3) is 8.10. The summed E-state index contributed by atoms with van der Waals surface area (Å²) in [4.78, 5) is 40.5. The third-order valence-electron chi connectivity index (χ3n) is 6.41. The number of benzene rings is 2. The van der Waals surface area contributed by atoms with E-state index in [0.717, 1.165) is 12.8 Å². The van der Waals surface area contributed by atoms with Crippen LogP contribution in [0.2, 0.25) is 0 Å². The number of hydrogen-bond acceptors (Lipinski definition) is 6. The van der Waals surface area contributed by atoms with Gasteiger partial charge in [0.15, 0.2) is 0 Å². The molecule has 1 aromatic heterocycles. The number of carboxylic acid groups (broad SMARTS) is 1. The van der Waals surface area contributed by atoms with E-state index in [9.17, 15) is 18.8 Å². The highest BCUT2D eigenvalue weighted by atomic mass is 19.1. The number of carboxylic acids is 1. The SMILES string of the molecule is Cc1ccc(CNC(=O)c2cc(-c3ncccc3COC(=O)CCCC(=O)O)ccc2OCC2CC2)cc1F. The van der Waals surface area contributed by atoms with E-state index in [4.69, 9.17) is 14.6 Å². The number of carbonyl (C=O) groups is 3. The maximum Gasteiger partial charge on any atom is 0.306 e. The summed E-state index contributed by atoms with van der Waals surface area (Å²) in [5.41, 5.74) is 3.31. The molecule has 204 valence electrons. The smallest absolute Gasteiger partial charge is 0.306 e. The standard InChI is InChI=1S/C30H31FN2O6/c1-19-7-8-21(14-25(19)31)16-33-30(37)24-15-22(11-12-26(24)38-17-20-9-10-20)29-23(4-3-13-32-29)18-39-28(36)6-2-5-27(34)35/h3-4,7-8,11-15,20H,2,5-6,9-10,16-18H2,1H3,(H,33,37)(H,34,35). The second kappa shape index (κ2) is 13.0. The van der Waals surface area contributed by atoms with Crippen LogP contribution in [0.1, 0.15) is 59.2 Å². The number of amides is 1. The van der Waals surface area contributed by atoms with Crippen LogP contribution in [-0.4, -0.2) is 34.5 Å². The molecule has 1 saturated carbocycles. The van der Waals surface area contributed by atoms with Gasteiger partial charge in [-0.1, -0.05) is 18.2 Å². The number of aliphatic carboxylic acids is 1. The van der Waals surface area contributed by atoms with Gasteiger partial charge >= 0.3 is 11.9 Å². The molecule has 2 N–H and O–H groups in total. The van der Waals surface area contributed by atoms with Crippen LogP contribution < -0.4 is 10.1 Å². The summed E-state index contributed by atoms with van der Waals surface area (Å²) in [7, 11) is 0. The van der Waals surface area contributed by atoms with E-state index in [1.54, 1.807) is 55.6 Å². The van der Waals surface area contributed by atoms with Gasteiger partial charge in [-0.15, -0.1) is 0 Å². The van der Waals surface area contributed by atoms with Crippen molar-refractivity contribution in [2.24, 2.45) is 5.92 Å². The topological polar surface area (TPSA) is 115 Å². The lowest BCUT2D eigenvalue weighted by molar-refractivity contribution is -0.145. The van der Waals surface area contributed by atoms with Crippen LogP contribution in [0.25, 0.3) is 11.3 Å². The Labute approximate surface area is 226 Å². The molecule has 1 heterocycles. The summed E-state index contributed by atoms with van der Waals surface area (Å²) < 4.78 is 25.3. The van der Waals surface area contributed by atoms with Crippen molar-refractivity contribution >= 4 is 17.8 Å². The number of esters is 1. The normalized spacial score (nSPS) is 12.6. The van der Waals surface area contributed by atoms with Crippen LogP contribution in [0, 0.1) is 18.7 Å². The van der Waals surface area contributed by atoms with Gasteiger partial charge in [0.25, 0.3) is 5.91 Å². The molecular weight excluding hydrogens is 503 g/mol. The van der Waals surface area contributed by atoms with E-state index >= 15 is 0 Å². The number of aromatic nitrogens is 1. The second-order valence-corrected chi connectivity index (χ2v) is 9.65. The number of nitrogens with zero attached hydrogens (tertiary/aromatic N) is 1. The van der Waals surface area contributed by atoms with Crippen LogP contribution in [0.5, 0.6) is 5.75 Å². The Kier molecular flexibility index (Phi) is 9.25. The zero-order valence-electron chi connectivity index (χ0n) is 21.7. The van der Waals surface area contributed by atoms with E-state index < -0.39 is 11.9 Å². The maximum absolute atomic E-state index is 14.0. The van der Waals surface area contributed by atoms with Crippen molar-refractivity contribution in [2.75, 3.05) is 6.61 Å². The number of rotatable bonds is 13. The molecule has 1 fully saturated rings.